The van der Waals surface area contributed by atoms with E-state index in [1.54, 1.807) is 0 Å². The lowest BCUT2D eigenvalue weighted by Gasteiger charge is -2.40. The zero-order valence-corrected chi connectivity index (χ0v) is 14.4. The fourth-order valence-electron chi connectivity index (χ4n) is 3.67. The first-order valence-electron chi connectivity index (χ1n) is 9.04. The van der Waals surface area contributed by atoms with Gasteiger partial charge >= 0.3 is 0 Å². The van der Waals surface area contributed by atoms with Gasteiger partial charge in [-0.3, -0.25) is 9.89 Å². The van der Waals surface area contributed by atoms with E-state index in [2.05, 4.69) is 29.1 Å². The van der Waals surface area contributed by atoms with E-state index >= 15 is 0 Å². The van der Waals surface area contributed by atoms with Crippen molar-refractivity contribution < 1.29 is 4.74 Å². The zero-order valence-electron chi connectivity index (χ0n) is 14.4. The van der Waals surface area contributed by atoms with Gasteiger partial charge in [-0.2, -0.15) is 0 Å². The molecule has 3 N–H and O–H groups in total. The molecule has 0 aromatic rings. The highest BCUT2D eigenvalue weighted by molar-refractivity contribution is 5.77. The van der Waals surface area contributed by atoms with Crippen LogP contribution in [0.15, 0.2) is 4.99 Å². The number of nitrogens with zero attached hydrogens (tertiary/aromatic N) is 2. The number of nitrogens with two attached hydrogens (primary N) is 1. The molecule has 0 aromatic carbocycles. The number of rotatable bonds is 9. The van der Waals surface area contributed by atoms with E-state index in [1.807, 2.05) is 0 Å². The molecule has 5 nitrogen and oxygen atoms in total. The van der Waals surface area contributed by atoms with E-state index in [4.69, 9.17) is 10.5 Å². The van der Waals surface area contributed by atoms with Gasteiger partial charge in [0.1, 0.15) is 0 Å². The van der Waals surface area contributed by atoms with Crippen LogP contribution in [0.5, 0.6) is 0 Å². The van der Waals surface area contributed by atoms with Crippen LogP contribution in [0, 0.1) is 5.41 Å². The highest BCUT2D eigenvalue weighted by Gasteiger charge is 2.36. The van der Waals surface area contributed by atoms with E-state index < -0.39 is 0 Å². The largest absolute Gasteiger partial charge is 0.382 e. The molecular weight excluding hydrogens is 276 g/mol. The molecule has 2 aliphatic rings. The van der Waals surface area contributed by atoms with Crippen LogP contribution in [0.4, 0.5) is 0 Å². The molecule has 1 unspecified atom stereocenters. The molecule has 0 aromatic heterocycles. The van der Waals surface area contributed by atoms with Crippen molar-refractivity contribution in [3.8, 4) is 0 Å². The number of hydrogen-bond donors (Lipinski definition) is 2. The van der Waals surface area contributed by atoms with Gasteiger partial charge < -0.3 is 15.8 Å². The van der Waals surface area contributed by atoms with Gasteiger partial charge in [0.2, 0.25) is 0 Å². The first kappa shape index (κ1) is 17.5. The van der Waals surface area contributed by atoms with E-state index in [-0.39, 0.29) is 0 Å². The number of guanidine groups is 1. The van der Waals surface area contributed by atoms with Crippen LogP contribution in [0.1, 0.15) is 52.4 Å². The van der Waals surface area contributed by atoms with E-state index in [0.29, 0.717) is 17.4 Å². The summed E-state index contributed by atoms with van der Waals surface area (Å²) in [6.45, 7) is 10.1. The highest BCUT2D eigenvalue weighted by atomic mass is 16.5. The second kappa shape index (κ2) is 8.73. The minimum absolute atomic E-state index is 0.351. The van der Waals surface area contributed by atoms with E-state index in [0.717, 1.165) is 39.3 Å². The molecule has 2 fully saturated rings. The Kier molecular flexibility index (Phi) is 6.96. The van der Waals surface area contributed by atoms with Crippen LogP contribution in [-0.4, -0.2) is 56.3 Å². The van der Waals surface area contributed by atoms with Gasteiger partial charge in [-0.15, -0.1) is 0 Å². The van der Waals surface area contributed by atoms with Crippen molar-refractivity contribution in [2.75, 3.05) is 39.4 Å². The summed E-state index contributed by atoms with van der Waals surface area (Å²) < 4.78 is 5.51. The normalized spacial score (nSPS) is 25.2. The Balaban J connectivity index is 1.72. The fourth-order valence-corrected chi connectivity index (χ4v) is 3.67. The van der Waals surface area contributed by atoms with Crippen molar-refractivity contribution in [2.24, 2.45) is 16.1 Å². The molecule has 128 valence electrons. The van der Waals surface area contributed by atoms with Gasteiger partial charge in [-0.05, 0) is 57.5 Å². The summed E-state index contributed by atoms with van der Waals surface area (Å²) in [6, 6.07) is 0.620. The average Bonchev–Trinajstić information content (AvgIpc) is 2.94. The van der Waals surface area contributed by atoms with Crippen LogP contribution in [0.3, 0.4) is 0 Å². The molecule has 2 rings (SSSR count). The fraction of sp³-hybridized carbons (Fsp3) is 0.941. The minimum Gasteiger partial charge on any atom is -0.382 e. The molecule has 0 bridgehead atoms. The van der Waals surface area contributed by atoms with Crippen molar-refractivity contribution in [1.82, 2.24) is 10.2 Å². The molecule has 0 amide bonds. The van der Waals surface area contributed by atoms with Gasteiger partial charge in [0.25, 0.3) is 0 Å². The number of likely N-dealkylation sites (tertiary alicyclic amines) is 1. The second-order valence-electron chi connectivity index (χ2n) is 6.81. The summed E-state index contributed by atoms with van der Waals surface area (Å²) in [7, 11) is 0. The summed E-state index contributed by atoms with van der Waals surface area (Å²) in [4.78, 5) is 7.14. The molecular formula is C17H34N4O. The average molecular weight is 310 g/mol. The molecule has 0 radical (unpaired) electrons. The highest BCUT2D eigenvalue weighted by Crippen LogP contribution is 2.44. The SMILES string of the molecule is CCOCCC1(CN=C(N)NCC2CCCN2CC)CCC1. The Bertz CT molecular complexity index is 355. The maximum Gasteiger partial charge on any atom is 0.188 e. The van der Waals surface area contributed by atoms with Crippen molar-refractivity contribution >= 4 is 5.96 Å². The summed E-state index contributed by atoms with van der Waals surface area (Å²) in [6.07, 6.45) is 7.54. The van der Waals surface area contributed by atoms with Crippen LogP contribution in [0.2, 0.25) is 0 Å². The van der Waals surface area contributed by atoms with Crippen molar-refractivity contribution in [2.45, 2.75) is 58.4 Å². The molecule has 1 heterocycles. The van der Waals surface area contributed by atoms with Crippen molar-refractivity contribution in [3.63, 3.8) is 0 Å². The van der Waals surface area contributed by atoms with Gasteiger partial charge in [-0.1, -0.05) is 13.3 Å². The quantitative estimate of drug-likeness (QED) is 0.388. The first-order valence-corrected chi connectivity index (χ1v) is 9.04. The molecule has 0 spiro atoms. The Hall–Kier alpha value is -0.810. The predicted molar refractivity (Wildman–Crippen MR) is 92.2 cm³/mol. The van der Waals surface area contributed by atoms with Crippen molar-refractivity contribution in [3.05, 3.63) is 0 Å². The molecule has 1 saturated carbocycles. The smallest absolute Gasteiger partial charge is 0.188 e. The minimum atomic E-state index is 0.351. The molecule has 22 heavy (non-hydrogen) atoms. The summed E-state index contributed by atoms with van der Waals surface area (Å²) >= 11 is 0. The topological polar surface area (TPSA) is 62.9 Å². The lowest BCUT2D eigenvalue weighted by atomic mass is 9.67. The van der Waals surface area contributed by atoms with Gasteiger partial charge in [0, 0.05) is 32.3 Å². The predicted octanol–water partition coefficient (Wildman–Crippen LogP) is 1.97. The number of ether oxygens (including phenoxy) is 1. The summed E-state index contributed by atoms with van der Waals surface area (Å²) in [5, 5.41) is 3.33. The second-order valence-corrected chi connectivity index (χ2v) is 6.81. The van der Waals surface area contributed by atoms with Gasteiger partial charge in [0.15, 0.2) is 5.96 Å². The maximum absolute atomic E-state index is 6.07. The lowest BCUT2D eigenvalue weighted by Crippen LogP contribution is -2.43. The number of likely N-dealkylation sites (N-methyl/N-ethyl adjacent to an activating group) is 1. The Morgan fingerprint density at radius 2 is 2.18 bits per heavy atom. The van der Waals surface area contributed by atoms with Crippen LogP contribution in [-0.2, 0) is 4.74 Å². The van der Waals surface area contributed by atoms with Crippen LogP contribution >= 0.6 is 0 Å². The Morgan fingerprint density at radius 3 is 2.82 bits per heavy atom. The Labute approximate surface area is 135 Å². The molecule has 1 aliphatic carbocycles. The Morgan fingerprint density at radius 1 is 1.36 bits per heavy atom. The first-order chi connectivity index (χ1) is 10.7. The zero-order chi connectivity index (χ0) is 15.8. The van der Waals surface area contributed by atoms with Gasteiger partial charge in [0.05, 0.1) is 0 Å². The molecule has 1 saturated heterocycles. The molecule has 1 aliphatic heterocycles. The standard InChI is InChI=1S/C17H34N4O/c1-3-21-11-5-7-15(21)13-19-16(18)20-14-17(8-6-9-17)10-12-22-4-2/h15H,3-14H2,1-2H3,(H3,18,19,20). The summed E-state index contributed by atoms with van der Waals surface area (Å²) in [5.74, 6) is 0.616. The number of hydrogen-bond acceptors (Lipinski definition) is 3. The third-order valence-corrected chi connectivity index (χ3v) is 5.40. The third-order valence-electron chi connectivity index (χ3n) is 5.40. The summed E-state index contributed by atoms with van der Waals surface area (Å²) in [5.41, 5.74) is 6.42. The van der Waals surface area contributed by atoms with E-state index in [9.17, 15) is 0 Å². The number of nitrogens with one attached hydrogen (secondary N) is 1. The van der Waals surface area contributed by atoms with Crippen molar-refractivity contribution in [1.29, 1.82) is 0 Å². The lowest BCUT2D eigenvalue weighted by molar-refractivity contribution is 0.0609. The number of aliphatic imine (C=N–C) groups is 1. The van der Waals surface area contributed by atoms with Gasteiger partial charge in [-0.25, -0.2) is 0 Å². The van der Waals surface area contributed by atoms with Crippen LogP contribution < -0.4 is 11.1 Å². The monoisotopic (exact) mass is 310 g/mol. The molecule has 5 heteroatoms. The third kappa shape index (κ3) is 4.85. The van der Waals surface area contributed by atoms with Crippen LogP contribution in [0.25, 0.3) is 0 Å². The van der Waals surface area contributed by atoms with E-state index in [1.165, 1.54) is 38.6 Å². The molecule has 1 atom stereocenters. The maximum atomic E-state index is 6.07.